The second-order valence-electron chi connectivity index (χ2n) is 7.12. The maximum absolute atomic E-state index is 12.0. The van der Waals surface area contributed by atoms with Crippen LogP contribution in [0.3, 0.4) is 0 Å². The number of para-hydroxylation sites is 1. The van der Waals surface area contributed by atoms with E-state index in [1.54, 1.807) is 19.1 Å². The Bertz CT molecular complexity index is 711. The van der Waals surface area contributed by atoms with Crippen molar-refractivity contribution in [3.8, 4) is 5.75 Å². The number of ether oxygens (including phenoxy) is 2. The van der Waals surface area contributed by atoms with E-state index in [1.807, 2.05) is 26.8 Å². The first kappa shape index (κ1) is 24.2. The standard InChI is InChI=1S/C21H32BNO7/c1-5-14(6-2)20(25)27-13-28-21(26)16-11-9-10-15-12-17(23-18(24)7-3)22(29-8-4)30-19(15)16/h9-11,14,17,21,26H,5-8,12-13H2,1-4H3,(H,23,24)/t17-,21?/m0/s1. The second-order valence-corrected chi connectivity index (χ2v) is 7.12. The van der Waals surface area contributed by atoms with Crippen LogP contribution in [-0.2, 0) is 30.1 Å². The fourth-order valence-corrected chi connectivity index (χ4v) is 3.36. The first-order valence-corrected chi connectivity index (χ1v) is 10.6. The Balaban J connectivity index is 2.08. The van der Waals surface area contributed by atoms with Crippen LogP contribution in [0.15, 0.2) is 18.2 Å². The van der Waals surface area contributed by atoms with Gasteiger partial charge < -0.3 is 29.2 Å². The number of aliphatic hydroxyl groups is 1. The fraction of sp³-hybridized carbons (Fsp3) is 0.619. The largest absolute Gasteiger partial charge is 0.549 e. The molecule has 1 aromatic carbocycles. The average molecular weight is 421 g/mol. The quantitative estimate of drug-likeness (QED) is 0.322. The topological polar surface area (TPSA) is 103 Å². The zero-order valence-electron chi connectivity index (χ0n) is 18.2. The van der Waals surface area contributed by atoms with E-state index in [4.69, 9.17) is 18.8 Å². The molecule has 2 rings (SSSR count). The van der Waals surface area contributed by atoms with Crippen molar-refractivity contribution < 1.29 is 33.5 Å². The van der Waals surface area contributed by atoms with Crippen LogP contribution in [0.4, 0.5) is 0 Å². The molecule has 0 aromatic heterocycles. The summed E-state index contributed by atoms with van der Waals surface area (Å²) in [6.07, 6.45) is 0.901. The summed E-state index contributed by atoms with van der Waals surface area (Å²) in [5.41, 5.74) is 1.23. The summed E-state index contributed by atoms with van der Waals surface area (Å²) in [5, 5.41) is 13.4. The molecular weight excluding hydrogens is 389 g/mol. The molecule has 0 fully saturated rings. The Kier molecular flexibility index (Phi) is 9.61. The molecule has 1 unspecified atom stereocenters. The van der Waals surface area contributed by atoms with Gasteiger partial charge in [-0.05, 0) is 31.7 Å². The molecule has 1 amide bonds. The molecule has 0 aliphatic carbocycles. The third kappa shape index (κ3) is 6.20. The number of fused-ring (bicyclic) bond motifs is 1. The lowest BCUT2D eigenvalue weighted by atomic mass is 9.71. The van der Waals surface area contributed by atoms with Gasteiger partial charge in [0.1, 0.15) is 5.75 Å². The number of esters is 1. The van der Waals surface area contributed by atoms with Crippen LogP contribution in [0, 0.1) is 5.92 Å². The summed E-state index contributed by atoms with van der Waals surface area (Å²) >= 11 is 0. The summed E-state index contributed by atoms with van der Waals surface area (Å²) in [4.78, 5) is 23.8. The van der Waals surface area contributed by atoms with Gasteiger partial charge in [-0.3, -0.25) is 9.59 Å². The van der Waals surface area contributed by atoms with Crippen molar-refractivity contribution in [2.75, 3.05) is 13.4 Å². The molecule has 2 N–H and O–H groups in total. The van der Waals surface area contributed by atoms with Gasteiger partial charge in [0, 0.05) is 18.6 Å². The number of nitrogens with one attached hydrogen (secondary N) is 1. The van der Waals surface area contributed by atoms with Gasteiger partial charge >= 0.3 is 13.1 Å². The van der Waals surface area contributed by atoms with Crippen LogP contribution in [0.1, 0.15) is 64.4 Å². The molecule has 1 aromatic rings. The van der Waals surface area contributed by atoms with Crippen molar-refractivity contribution in [3.63, 3.8) is 0 Å². The van der Waals surface area contributed by atoms with Gasteiger partial charge in [-0.25, -0.2) is 0 Å². The van der Waals surface area contributed by atoms with Crippen LogP contribution in [-0.4, -0.2) is 43.4 Å². The molecule has 1 heterocycles. The molecule has 0 saturated heterocycles. The monoisotopic (exact) mass is 421 g/mol. The predicted octanol–water partition coefficient (Wildman–Crippen LogP) is 2.52. The van der Waals surface area contributed by atoms with Gasteiger partial charge in [0.15, 0.2) is 13.1 Å². The van der Waals surface area contributed by atoms with Gasteiger partial charge in [0.2, 0.25) is 5.91 Å². The number of amides is 1. The predicted molar refractivity (Wildman–Crippen MR) is 111 cm³/mol. The van der Waals surface area contributed by atoms with Crippen molar-refractivity contribution in [3.05, 3.63) is 29.3 Å². The van der Waals surface area contributed by atoms with Crippen LogP contribution in [0.25, 0.3) is 0 Å². The van der Waals surface area contributed by atoms with E-state index >= 15 is 0 Å². The highest BCUT2D eigenvalue weighted by Crippen LogP contribution is 2.35. The van der Waals surface area contributed by atoms with Gasteiger partial charge in [-0.15, -0.1) is 0 Å². The number of hydrogen-bond donors (Lipinski definition) is 2. The third-order valence-corrected chi connectivity index (χ3v) is 5.14. The molecule has 0 bridgehead atoms. The molecular formula is C21H32BNO7. The first-order chi connectivity index (χ1) is 14.4. The molecule has 30 heavy (non-hydrogen) atoms. The van der Waals surface area contributed by atoms with E-state index in [0.717, 1.165) is 5.56 Å². The summed E-state index contributed by atoms with van der Waals surface area (Å²) < 4.78 is 22.1. The lowest BCUT2D eigenvalue weighted by Gasteiger charge is -2.32. The van der Waals surface area contributed by atoms with Crippen molar-refractivity contribution >= 4 is 19.0 Å². The summed E-state index contributed by atoms with van der Waals surface area (Å²) in [5.74, 6) is -0.489. The lowest BCUT2D eigenvalue weighted by molar-refractivity contribution is -0.190. The van der Waals surface area contributed by atoms with E-state index in [2.05, 4.69) is 5.32 Å². The van der Waals surface area contributed by atoms with E-state index < -0.39 is 13.4 Å². The smallest absolute Gasteiger partial charge is 0.534 e. The van der Waals surface area contributed by atoms with E-state index in [9.17, 15) is 14.7 Å². The lowest BCUT2D eigenvalue weighted by Crippen LogP contribution is -2.54. The molecule has 9 heteroatoms. The minimum Gasteiger partial charge on any atom is -0.534 e. The third-order valence-electron chi connectivity index (χ3n) is 5.14. The van der Waals surface area contributed by atoms with E-state index in [0.29, 0.717) is 43.6 Å². The molecule has 0 radical (unpaired) electrons. The Morgan fingerprint density at radius 3 is 2.63 bits per heavy atom. The second kappa shape index (κ2) is 11.9. The van der Waals surface area contributed by atoms with Crippen molar-refractivity contribution in [1.82, 2.24) is 5.32 Å². The van der Waals surface area contributed by atoms with Crippen LogP contribution in [0.2, 0.25) is 0 Å². The molecule has 1 aliphatic heterocycles. The Hall–Kier alpha value is -2.10. The van der Waals surface area contributed by atoms with Crippen molar-refractivity contribution in [1.29, 1.82) is 0 Å². The normalized spacial score (nSPS) is 16.6. The van der Waals surface area contributed by atoms with Crippen molar-refractivity contribution in [2.24, 2.45) is 5.92 Å². The van der Waals surface area contributed by atoms with Crippen LogP contribution < -0.4 is 9.97 Å². The molecule has 1 aliphatic rings. The highest BCUT2D eigenvalue weighted by atomic mass is 16.7. The van der Waals surface area contributed by atoms with Crippen molar-refractivity contribution in [2.45, 2.75) is 65.6 Å². The minimum absolute atomic E-state index is 0.0874. The molecule has 2 atom stereocenters. The van der Waals surface area contributed by atoms with E-state index in [1.165, 1.54) is 0 Å². The Labute approximate surface area is 178 Å². The highest BCUT2D eigenvalue weighted by molar-refractivity contribution is 6.48. The molecule has 166 valence electrons. The average Bonchev–Trinajstić information content (AvgIpc) is 2.74. The number of rotatable bonds is 11. The zero-order chi connectivity index (χ0) is 22.1. The number of benzene rings is 1. The number of carbonyl (C=O) groups excluding carboxylic acids is 2. The zero-order valence-corrected chi connectivity index (χ0v) is 18.2. The molecule has 8 nitrogen and oxygen atoms in total. The maximum atomic E-state index is 12.0. The minimum atomic E-state index is -1.33. The van der Waals surface area contributed by atoms with Gasteiger partial charge in [-0.2, -0.15) is 0 Å². The Morgan fingerprint density at radius 1 is 1.27 bits per heavy atom. The molecule has 0 spiro atoms. The Morgan fingerprint density at radius 2 is 2.00 bits per heavy atom. The maximum Gasteiger partial charge on any atom is 0.549 e. The van der Waals surface area contributed by atoms with Gasteiger partial charge in [0.05, 0.1) is 11.9 Å². The number of carbonyl (C=O) groups is 2. The summed E-state index contributed by atoms with van der Waals surface area (Å²) in [7, 11) is -0.681. The SMILES string of the molecule is CCOB1Oc2c(cccc2C(O)OCOC(=O)C(CC)CC)C[C@@H]1NC(=O)CC. The van der Waals surface area contributed by atoms with Crippen LogP contribution in [0.5, 0.6) is 5.75 Å². The highest BCUT2D eigenvalue weighted by Gasteiger charge is 2.39. The summed E-state index contributed by atoms with van der Waals surface area (Å²) in [6, 6.07) is 5.33. The number of hydrogen-bond acceptors (Lipinski definition) is 7. The van der Waals surface area contributed by atoms with Gasteiger partial charge in [-0.1, -0.05) is 39.0 Å². The summed E-state index contributed by atoms with van der Waals surface area (Å²) in [6.45, 7) is 7.52. The molecule has 0 saturated carbocycles. The first-order valence-electron chi connectivity index (χ1n) is 10.6. The fourth-order valence-electron chi connectivity index (χ4n) is 3.36. The van der Waals surface area contributed by atoms with Crippen LogP contribution >= 0.6 is 0 Å². The van der Waals surface area contributed by atoms with Gasteiger partial charge in [0.25, 0.3) is 0 Å². The number of aliphatic hydroxyl groups excluding tert-OH is 1. The van der Waals surface area contributed by atoms with E-state index in [-0.39, 0.29) is 30.5 Å².